The second-order valence-corrected chi connectivity index (χ2v) is 4.25. The minimum atomic E-state index is -0.197. The molecule has 1 rings (SSSR count). The molecule has 0 bridgehead atoms. The van der Waals surface area contributed by atoms with Gasteiger partial charge in [-0.1, -0.05) is 0 Å². The quantitative estimate of drug-likeness (QED) is 0.573. The highest BCUT2D eigenvalue weighted by molar-refractivity contribution is 5.78. The van der Waals surface area contributed by atoms with Crippen molar-refractivity contribution in [2.75, 3.05) is 0 Å². The minimum absolute atomic E-state index is 0.0551. The molecule has 0 atom stereocenters. The van der Waals surface area contributed by atoms with E-state index in [1.165, 1.54) is 0 Å². The van der Waals surface area contributed by atoms with Crippen molar-refractivity contribution in [1.29, 1.82) is 0 Å². The Balaban J connectivity index is 2.77. The van der Waals surface area contributed by atoms with Crippen LogP contribution in [0.15, 0.2) is 29.3 Å². The Morgan fingerprint density at radius 3 is 2.07 bits per heavy atom. The average molecular weight is 207 g/mol. The first kappa shape index (κ1) is 11.4. The maximum atomic E-state index is 5.65. The SMILES string of the molecule is CC(C)(C)Oc1ccc(N=C(N)N)cc1. The van der Waals surface area contributed by atoms with Crippen LogP contribution in [0, 0.1) is 0 Å². The Morgan fingerprint density at radius 2 is 1.67 bits per heavy atom. The maximum absolute atomic E-state index is 5.65. The molecule has 0 fully saturated rings. The van der Waals surface area contributed by atoms with E-state index in [4.69, 9.17) is 16.2 Å². The van der Waals surface area contributed by atoms with Crippen LogP contribution < -0.4 is 16.2 Å². The molecular formula is C11H17N3O. The highest BCUT2D eigenvalue weighted by Gasteiger charge is 2.11. The molecule has 15 heavy (non-hydrogen) atoms. The van der Waals surface area contributed by atoms with E-state index in [1.807, 2.05) is 32.9 Å². The lowest BCUT2D eigenvalue weighted by molar-refractivity contribution is 0.131. The van der Waals surface area contributed by atoms with Crippen LogP contribution in [0.25, 0.3) is 0 Å². The molecule has 0 aromatic heterocycles. The van der Waals surface area contributed by atoms with Gasteiger partial charge in [0, 0.05) is 0 Å². The van der Waals surface area contributed by atoms with Gasteiger partial charge >= 0.3 is 0 Å². The lowest BCUT2D eigenvalue weighted by Gasteiger charge is -2.21. The van der Waals surface area contributed by atoms with Crippen molar-refractivity contribution in [3.05, 3.63) is 24.3 Å². The van der Waals surface area contributed by atoms with Gasteiger partial charge in [-0.25, -0.2) is 4.99 Å². The number of ether oxygens (including phenoxy) is 1. The van der Waals surface area contributed by atoms with Gasteiger partial charge in [0.2, 0.25) is 0 Å². The third-order valence-corrected chi connectivity index (χ3v) is 1.52. The molecule has 4 N–H and O–H groups in total. The molecule has 4 nitrogen and oxygen atoms in total. The van der Waals surface area contributed by atoms with E-state index in [0.717, 1.165) is 11.4 Å². The molecule has 1 aromatic carbocycles. The van der Waals surface area contributed by atoms with Gasteiger partial charge < -0.3 is 16.2 Å². The van der Waals surface area contributed by atoms with Gasteiger partial charge in [0.15, 0.2) is 5.96 Å². The van der Waals surface area contributed by atoms with Crippen LogP contribution in [0.5, 0.6) is 5.75 Å². The van der Waals surface area contributed by atoms with Gasteiger partial charge in [0.25, 0.3) is 0 Å². The standard InChI is InChI=1S/C11H17N3O/c1-11(2,3)15-9-6-4-8(5-7-9)14-10(12)13/h4-7H,1-3H3,(H4,12,13,14). The normalized spacial score (nSPS) is 10.9. The van der Waals surface area contributed by atoms with E-state index in [1.54, 1.807) is 12.1 Å². The first-order valence-corrected chi connectivity index (χ1v) is 4.75. The van der Waals surface area contributed by atoms with Crippen LogP contribution in [0.2, 0.25) is 0 Å². The summed E-state index contributed by atoms with van der Waals surface area (Å²) in [7, 11) is 0. The number of nitrogens with zero attached hydrogens (tertiary/aromatic N) is 1. The second-order valence-electron chi connectivity index (χ2n) is 4.25. The van der Waals surface area contributed by atoms with Crippen LogP contribution in [0.4, 0.5) is 5.69 Å². The highest BCUT2D eigenvalue weighted by Crippen LogP contribution is 2.21. The van der Waals surface area contributed by atoms with E-state index in [9.17, 15) is 0 Å². The van der Waals surface area contributed by atoms with Crippen LogP contribution in [0.3, 0.4) is 0 Å². The van der Waals surface area contributed by atoms with Gasteiger partial charge in [0.1, 0.15) is 11.4 Å². The van der Waals surface area contributed by atoms with Crippen molar-refractivity contribution in [2.24, 2.45) is 16.5 Å². The fourth-order valence-electron chi connectivity index (χ4n) is 1.09. The van der Waals surface area contributed by atoms with Crippen molar-refractivity contribution in [3.8, 4) is 5.75 Å². The summed E-state index contributed by atoms with van der Waals surface area (Å²) < 4.78 is 5.65. The summed E-state index contributed by atoms with van der Waals surface area (Å²) >= 11 is 0. The van der Waals surface area contributed by atoms with E-state index >= 15 is 0 Å². The zero-order chi connectivity index (χ0) is 11.5. The summed E-state index contributed by atoms with van der Waals surface area (Å²) in [5.41, 5.74) is 11.0. The van der Waals surface area contributed by atoms with Crippen molar-refractivity contribution in [2.45, 2.75) is 26.4 Å². The molecule has 0 aliphatic rings. The third kappa shape index (κ3) is 4.35. The molecule has 1 aromatic rings. The Hall–Kier alpha value is -1.71. The maximum Gasteiger partial charge on any atom is 0.191 e. The van der Waals surface area contributed by atoms with E-state index in [-0.39, 0.29) is 11.6 Å². The van der Waals surface area contributed by atoms with E-state index in [2.05, 4.69) is 4.99 Å². The van der Waals surface area contributed by atoms with Gasteiger partial charge in [-0.05, 0) is 45.0 Å². The Kier molecular flexibility index (Phi) is 3.19. The zero-order valence-electron chi connectivity index (χ0n) is 9.32. The lowest BCUT2D eigenvalue weighted by Crippen LogP contribution is -2.23. The summed E-state index contributed by atoms with van der Waals surface area (Å²) in [4.78, 5) is 3.91. The number of aliphatic imine (C=N–C) groups is 1. The third-order valence-electron chi connectivity index (χ3n) is 1.52. The number of hydrogen-bond donors (Lipinski definition) is 2. The van der Waals surface area contributed by atoms with Crippen molar-refractivity contribution >= 4 is 11.6 Å². The summed E-state index contributed by atoms with van der Waals surface area (Å²) in [6.07, 6.45) is 0. The lowest BCUT2D eigenvalue weighted by atomic mass is 10.2. The first-order chi connectivity index (χ1) is 6.87. The monoisotopic (exact) mass is 207 g/mol. The molecule has 0 saturated heterocycles. The van der Waals surface area contributed by atoms with Crippen LogP contribution in [-0.4, -0.2) is 11.6 Å². The molecule has 0 spiro atoms. The van der Waals surface area contributed by atoms with Crippen LogP contribution in [-0.2, 0) is 0 Å². The molecule has 0 heterocycles. The number of benzene rings is 1. The van der Waals surface area contributed by atoms with E-state index < -0.39 is 0 Å². The van der Waals surface area contributed by atoms with Crippen molar-refractivity contribution in [1.82, 2.24) is 0 Å². The fraction of sp³-hybridized carbons (Fsp3) is 0.364. The van der Waals surface area contributed by atoms with Crippen molar-refractivity contribution in [3.63, 3.8) is 0 Å². The Morgan fingerprint density at radius 1 is 1.13 bits per heavy atom. The zero-order valence-corrected chi connectivity index (χ0v) is 9.32. The number of hydrogen-bond acceptors (Lipinski definition) is 2. The smallest absolute Gasteiger partial charge is 0.191 e. The summed E-state index contributed by atoms with van der Waals surface area (Å²) in [6.45, 7) is 5.99. The largest absolute Gasteiger partial charge is 0.488 e. The molecule has 0 aliphatic heterocycles. The summed E-state index contributed by atoms with van der Waals surface area (Å²) in [5, 5.41) is 0. The minimum Gasteiger partial charge on any atom is -0.488 e. The fourth-order valence-corrected chi connectivity index (χ4v) is 1.09. The molecule has 0 aliphatic carbocycles. The van der Waals surface area contributed by atoms with Crippen LogP contribution in [0.1, 0.15) is 20.8 Å². The number of guanidine groups is 1. The predicted molar refractivity (Wildman–Crippen MR) is 62.3 cm³/mol. The molecule has 0 unspecified atom stereocenters. The Bertz CT molecular complexity index is 345. The summed E-state index contributed by atoms with van der Waals surface area (Å²) in [5.74, 6) is 0.858. The predicted octanol–water partition coefficient (Wildman–Crippen LogP) is 1.77. The molecule has 0 saturated carbocycles. The van der Waals surface area contributed by atoms with Gasteiger partial charge in [-0.3, -0.25) is 0 Å². The van der Waals surface area contributed by atoms with E-state index in [0.29, 0.717) is 0 Å². The van der Waals surface area contributed by atoms with Crippen molar-refractivity contribution < 1.29 is 4.74 Å². The molecule has 0 radical (unpaired) electrons. The topological polar surface area (TPSA) is 73.6 Å². The first-order valence-electron chi connectivity index (χ1n) is 4.75. The van der Waals surface area contributed by atoms with Gasteiger partial charge in [-0.2, -0.15) is 0 Å². The average Bonchev–Trinajstić information content (AvgIpc) is 2.05. The van der Waals surface area contributed by atoms with Gasteiger partial charge in [0.05, 0.1) is 5.69 Å². The number of rotatable bonds is 2. The van der Waals surface area contributed by atoms with Gasteiger partial charge in [-0.15, -0.1) is 0 Å². The summed E-state index contributed by atoms with van der Waals surface area (Å²) in [6, 6.07) is 7.29. The second kappa shape index (κ2) is 4.21. The number of nitrogens with two attached hydrogens (primary N) is 2. The Labute approximate surface area is 89.9 Å². The molecule has 82 valence electrons. The molecular weight excluding hydrogens is 190 g/mol. The van der Waals surface area contributed by atoms with Crippen LogP contribution >= 0.6 is 0 Å². The highest BCUT2D eigenvalue weighted by atomic mass is 16.5. The molecule has 4 heteroatoms. The molecule has 0 amide bonds.